The van der Waals surface area contributed by atoms with Gasteiger partial charge in [-0.2, -0.15) is 0 Å². The van der Waals surface area contributed by atoms with E-state index < -0.39 is 17.7 Å². The highest BCUT2D eigenvalue weighted by Crippen LogP contribution is 2.44. The molecule has 3 atom stereocenters. The number of likely N-dealkylation sites (tertiary alicyclic amines) is 1. The highest BCUT2D eigenvalue weighted by Gasteiger charge is 2.41. The summed E-state index contributed by atoms with van der Waals surface area (Å²) in [6.07, 6.45) is 5.87. The maximum atomic E-state index is 14.2. The van der Waals surface area contributed by atoms with Crippen LogP contribution in [0.3, 0.4) is 0 Å². The van der Waals surface area contributed by atoms with Gasteiger partial charge in [0.25, 0.3) is 0 Å². The Hall–Kier alpha value is -3.10. The van der Waals surface area contributed by atoms with Crippen LogP contribution in [-0.2, 0) is 14.4 Å². The number of nitrogens with one attached hydrogen (secondary N) is 2. The molecule has 2 N–H and O–H groups in total. The van der Waals surface area contributed by atoms with Gasteiger partial charge in [0.05, 0.1) is 24.4 Å². The quantitative estimate of drug-likeness (QED) is 0.472. The van der Waals surface area contributed by atoms with Crippen molar-refractivity contribution in [2.45, 2.75) is 90.6 Å². The Kier molecular flexibility index (Phi) is 8.33. The maximum Gasteiger partial charge on any atom is 0.225 e. The van der Waals surface area contributed by atoms with Crippen LogP contribution in [0.25, 0.3) is 11.3 Å². The Bertz CT molecular complexity index is 1190. The summed E-state index contributed by atoms with van der Waals surface area (Å²) in [5.41, 5.74) is 0.665. The fourth-order valence-corrected chi connectivity index (χ4v) is 5.73. The molecule has 206 valence electrons. The van der Waals surface area contributed by atoms with E-state index in [0.717, 1.165) is 38.2 Å². The molecule has 0 spiro atoms. The van der Waals surface area contributed by atoms with E-state index >= 15 is 0 Å². The summed E-state index contributed by atoms with van der Waals surface area (Å²) < 4.78 is 27.5. The van der Waals surface area contributed by atoms with Gasteiger partial charge in [-0.05, 0) is 56.6 Å². The normalized spacial score (nSPS) is 20.9. The van der Waals surface area contributed by atoms with Crippen molar-refractivity contribution in [2.24, 2.45) is 11.3 Å². The number of hydrogen-bond donors (Lipinski definition) is 2. The van der Waals surface area contributed by atoms with Crippen LogP contribution in [0, 0.1) is 23.0 Å². The number of imidazole rings is 1. The summed E-state index contributed by atoms with van der Waals surface area (Å²) in [6.45, 7) is 8.71. The fraction of sp³-hybridized carbons (Fsp3) is 0.586. The summed E-state index contributed by atoms with van der Waals surface area (Å²) in [4.78, 5) is 48.7. The third kappa shape index (κ3) is 6.48. The lowest BCUT2D eigenvalue weighted by atomic mass is 9.64. The van der Waals surface area contributed by atoms with Crippen molar-refractivity contribution in [3.05, 3.63) is 41.9 Å². The van der Waals surface area contributed by atoms with Gasteiger partial charge in [-0.1, -0.05) is 20.8 Å². The van der Waals surface area contributed by atoms with Crippen molar-refractivity contribution in [1.82, 2.24) is 20.2 Å². The molecule has 1 aromatic heterocycles. The minimum atomic E-state index is -0.917. The van der Waals surface area contributed by atoms with Crippen LogP contribution in [0.5, 0.6) is 0 Å². The Morgan fingerprint density at radius 3 is 2.58 bits per heavy atom. The van der Waals surface area contributed by atoms with Crippen molar-refractivity contribution < 1.29 is 23.2 Å². The van der Waals surface area contributed by atoms with Crippen molar-refractivity contribution in [3.63, 3.8) is 0 Å². The van der Waals surface area contributed by atoms with Crippen LogP contribution in [0.15, 0.2) is 24.4 Å². The number of nitrogens with zero attached hydrogens (tertiary/aromatic N) is 2. The molecule has 0 bridgehead atoms. The number of H-pyrrole nitrogens is 1. The molecule has 0 radical (unpaired) electrons. The van der Waals surface area contributed by atoms with Gasteiger partial charge in [0.2, 0.25) is 11.8 Å². The predicted octanol–water partition coefficient (Wildman–Crippen LogP) is 5.13. The topological polar surface area (TPSA) is 95.2 Å². The minimum absolute atomic E-state index is 0.0444. The number of aromatic nitrogens is 2. The molecule has 38 heavy (non-hydrogen) atoms. The van der Waals surface area contributed by atoms with Crippen molar-refractivity contribution in [1.29, 1.82) is 0 Å². The van der Waals surface area contributed by atoms with Gasteiger partial charge in [-0.15, -0.1) is 0 Å². The lowest BCUT2D eigenvalue weighted by Gasteiger charge is -2.42. The van der Waals surface area contributed by atoms with Crippen LogP contribution >= 0.6 is 0 Å². The molecule has 2 aliphatic rings. The van der Waals surface area contributed by atoms with E-state index in [1.54, 1.807) is 0 Å². The molecule has 1 aromatic carbocycles. The van der Waals surface area contributed by atoms with E-state index in [9.17, 15) is 23.2 Å². The summed E-state index contributed by atoms with van der Waals surface area (Å²) in [6, 6.07) is 2.50. The molecule has 1 aliphatic carbocycles. The minimum Gasteiger partial charge on any atom is -0.346 e. The van der Waals surface area contributed by atoms with Gasteiger partial charge < -0.3 is 15.2 Å². The summed E-state index contributed by atoms with van der Waals surface area (Å²) in [7, 11) is 0. The van der Waals surface area contributed by atoms with Crippen LogP contribution in [-0.4, -0.2) is 51.1 Å². The van der Waals surface area contributed by atoms with Gasteiger partial charge in [-0.25, -0.2) is 13.8 Å². The average molecular weight is 529 g/mol. The Morgan fingerprint density at radius 1 is 1.18 bits per heavy atom. The van der Waals surface area contributed by atoms with Crippen molar-refractivity contribution in [2.75, 3.05) is 6.54 Å². The molecule has 2 fully saturated rings. The van der Waals surface area contributed by atoms with Gasteiger partial charge in [-0.3, -0.25) is 14.4 Å². The molecule has 2 amide bonds. The zero-order chi connectivity index (χ0) is 27.6. The van der Waals surface area contributed by atoms with Crippen LogP contribution in [0.4, 0.5) is 8.78 Å². The standard InChI is InChI=1S/C29H38F2N4O3/c1-17(27-32-16-24(33-27)21-9-8-20(30)12-22(21)31)11-25(36)23(34-28(38)19-14-29(3,4)15-19)13-26(37)35-10-6-5-7-18(35)2/h8-9,12,16-19,23H,5-7,10-11,13-15H2,1-4H3,(H,32,33)(H,34,38)/t17-,18+,23+/m1/s1. The SMILES string of the molecule is C[C@H](CC(=O)[C@H](CC(=O)N1CCCC[C@@H]1C)NC(=O)C1CC(C)(C)C1)c1ncc(-c2ccc(F)cc2F)[nH]1. The Labute approximate surface area is 222 Å². The lowest BCUT2D eigenvalue weighted by Crippen LogP contribution is -2.51. The number of halogens is 2. The third-order valence-electron chi connectivity index (χ3n) is 7.97. The molecule has 1 saturated heterocycles. The van der Waals surface area contributed by atoms with Crippen molar-refractivity contribution in [3.8, 4) is 11.3 Å². The molecular formula is C29H38F2N4O3. The molecule has 2 aromatic rings. The molecule has 1 saturated carbocycles. The number of Topliss-reactive ketones (excluding diaryl/α,β-unsaturated/α-hetero) is 1. The highest BCUT2D eigenvalue weighted by atomic mass is 19.1. The third-order valence-corrected chi connectivity index (χ3v) is 7.97. The Morgan fingerprint density at radius 2 is 1.92 bits per heavy atom. The first-order valence-electron chi connectivity index (χ1n) is 13.6. The zero-order valence-electron chi connectivity index (χ0n) is 22.7. The van der Waals surface area contributed by atoms with E-state index in [0.29, 0.717) is 18.1 Å². The van der Waals surface area contributed by atoms with Gasteiger partial charge in [0, 0.05) is 42.5 Å². The fourth-order valence-electron chi connectivity index (χ4n) is 5.73. The van der Waals surface area contributed by atoms with E-state index in [-0.39, 0.29) is 59.3 Å². The summed E-state index contributed by atoms with van der Waals surface area (Å²) >= 11 is 0. The first-order valence-corrected chi connectivity index (χ1v) is 13.6. The second kappa shape index (κ2) is 11.3. The number of carbonyl (C=O) groups is 3. The maximum absolute atomic E-state index is 14.2. The summed E-state index contributed by atoms with van der Waals surface area (Å²) in [5, 5.41) is 2.89. The van der Waals surface area contributed by atoms with E-state index in [2.05, 4.69) is 29.1 Å². The smallest absolute Gasteiger partial charge is 0.225 e. The molecular weight excluding hydrogens is 490 g/mol. The second-order valence-electron chi connectivity index (χ2n) is 11.8. The first kappa shape index (κ1) is 27.9. The van der Waals surface area contributed by atoms with Crippen LogP contribution in [0.1, 0.15) is 84.4 Å². The monoisotopic (exact) mass is 528 g/mol. The number of ketones is 1. The number of carbonyl (C=O) groups excluding carboxylic acids is 3. The van der Waals surface area contributed by atoms with Crippen molar-refractivity contribution >= 4 is 17.6 Å². The molecule has 0 unspecified atom stereocenters. The summed E-state index contributed by atoms with van der Waals surface area (Å²) in [5.74, 6) is -1.97. The Balaban J connectivity index is 1.45. The van der Waals surface area contributed by atoms with Crippen LogP contribution < -0.4 is 5.32 Å². The largest absolute Gasteiger partial charge is 0.346 e. The number of hydrogen-bond acceptors (Lipinski definition) is 4. The molecule has 9 heteroatoms. The molecule has 4 rings (SSSR count). The van der Waals surface area contributed by atoms with Gasteiger partial charge in [0.15, 0.2) is 5.78 Å². The predicted molar refractivity (Wildman–Crippen MR) is 140 cm³/mol. The molecule has 2 heterocycles. The van der Waals surface area contributed by atoms with E-state index in [1.165, 1.54) is 18.3 Å². The number of aromatic amines is 1. The number of amides is 2. The lowest BCUT2D eigenvalue weighted by molar-refractivity contribution is -0.140. The van der Waals surface area contributed by atoms with E-state index in [1.807, 2.05) is 18.7 Å². The first-order chi connectivity index (χ1) is 17.9. The van der Waals surface area contributed by atoms with E-state index in [4.69, 9.17) is 0 Å². The van der Waals surface area contributed by atoms with Crippen LogP contribution in [0.2, 0.25) is 0 Å². The molecule has 7 nitrogen and oxygen atoms in total. The number of rotatable bonds is 9. The number of piperidine rings is 1. The second-order valence-corrected chi connectivity index (χ2v) is 11.8. The zero-order valence-corrected chi connectivity index (χ0v) is 22.7. The average Bonchev–Trinajstić information content (AvgIpc) is 3.32. The van der Waals surface area contributed by atoms with Gasteiger partial charge in [0.1, 0.15) is 17.5 Å². The van der Waals surface area contributed by atoms with Gasteiger partial charge >= 0.3 is 0 Å². The highest BCUT2D eigenvalue weighted by molar-refractivity contribution is 5.94. The number of benzene rings is 1. The molecule has 1 aliphatic heterocycles.